The normalized spacial score (nSPS) is 16.1. The molecule has 0 bridgehead atoms. The zero-order valence-electron chi connectivity index (χ0n) is 16.6. The molecule has 0 radical (unpaired) electrons. The van der Waals surface area contributed by atoms with E-state index in [0.717, 1.165) is 35.9 Å². The highest BCUT2D eigenvalue weighted by atomic mass is 16.5. The Morgan fingerprint density at radius 3 is 2.60 bits per heavy atom. The summed E-state index contributed by atoms with van der Waals surface area (Å²) in [5.41, 5.74) is 3.53. The number of benzene rings is 3. The molecule has 1 amide bonds. The number of nitrogens with one attached hydrogen (secondary N) is 1. The number of hydrogen-bond acceptors (Lipinski definition) is 4. The summed E-state index contributed by atoms with van der Waals surface area (Å²) in [6.07, 6.45) is 2.22. The van der Waals surface area contributed by atoms with Gasteiger partial charge >= 0.3 is 0 Å². The number of fused-ring (bicyclic) bond motifs is 1. The van der Waals surface area contributed by atoms with E-state index in [-0.39, 0.29) is 5.91 Å². The van der Waals surface area contributed by atoms with Gasteiger partial charge in [0.15, 0.2) is 5.76 Å². The van der Waals surface area contributed by atoms with E-state index >= 15 is 0 Å². The Balaban J connectivity index is 1.33. The number of aromatic nitrogens is 1. The molecule has 5 heteroatoms. The summed E-state index contributed by atoms with van der Waals surface area (Å²) in [4.78, 5) is 15.3. The Hall–Kier alpha value is -3.60. The first-order valence-electron chi connectivity index (χ1n) is 10.3. The van der Waals surface area contributed by atoms with Crippen molar-refractivity contribution < 1.29 is 9.32 Å². The second-order valence-electron chi connectivity index (χ2n) is 7.64. The Labute approximate surface area is 175 Å². The molecule has 1 atom stereocenters. The summed E-state index contributed by atoms with van der Waals surface area (Å²) >= 11 is 0. The predicted octanol–water partition coefficient (Wildman–Crippen LogP) is 4.89. The quantitative estimate of drug-likeness (QED) is 0.521. The van der Waals surface area contributed by atoms with E-state index in [1.54, 1.807) is 6.07 Å². The molecular formula is C25H23N3O2. The molecule has 0 saturated carbocycles. The molecule has 1 aliphatic rings. The van der Waals surface area contributed by atoms with Crippen LogP contribution in [0.3, 0.4) is 0 Å². The Morgan fingerprint density at radius 2 is 1.80 bits per heavy atom. The molecule has 4 aromatic rings. The number of carbonyl (C=O) groups is 1. The molecule has 1 unspecified atom stereocenters. The van der Waals surface area contributed by atoms with Crippen molar-refractivity contribution in [2.24, 2.45) is 0 Å². The largest absolute Gasteiger partial charge is 0.367 e. The number of anilines is 1. The molecule has 0 spiro atoms. The van der Waals surface area contributed by atoms with Crippen LogP contribution in [0.4, 0.5) is 5.69 Å². The third-order valence-corrected chi connectivity index (χ3v) is 5.74. The van der Waals surface area contributed by atoms with Gasteiger partial charge in [-0.25, -0.2) is 0 Å². The van der Waals surface area contributed by atoms with Crippen LogP contribution < -0.4 is 10.2 Å². The van der Waals surface area contributed by atoms with Gasteiger partial charge in [-0.1, -0.05) is 53.7 Å². The average Bonchev–Trinajstić information content (AvgIpc) is 3.45. The zero-order valence-corrected chi connectivity index (χ0v) is 16.6. The Kier molecular flexibility index (Phi) is 4.93. The molecule has 150 valence electrons. The number of nitrogens with zero attached hydrogens (tertiary/aromatic N) is 2. The molecule has 30 heavy (non-hydrogen) atoms. The smallest absolute Gasteiger partial charge is 0.251 e. The lowest BCUT2D eigenvalue weighted by molar-refractivity contribution is 0.0951. The van der Waals surface area contributed by atoms with Crippen LogP contribution in [0.25, 0.3) is 22.2 Å². The van der Waals surface area contributed by atoms with Crippen LogP contribution in [0.15, 0.2) is 83.4 Å². The van der Waals surface area contributed by atoms with Crippen molar-refractivity contribution >= 4 is 22.5 Å². The maximum Gasteiger partial charge on any atom is 0.251 e. The summed E-state index contributed by atoms with van der Waals surface area (Å²) in [5, 5.41) is 8.11. The van der Waals surface area contributed by atoms with Gasteiger partial charge in [0.25, 0.3) is 5.91 Å². The first-order valence-corrected chi connectivity index (χ1v) is 10.3. The molecule has 1 aliphatic heterocycles. The lowest BCUT2D eigenvalue weighted by atomic mass is 10.1. The summed E-state index contributed by atoms with van der Waals surface area (Å²) in [5.74, 6) is 0.614. The third kappa shape index (κ3) is 3.54. The minimum absolute atomic E-state index is 0.0722. The van der Waals surface area contributed by atoms with Gasteiger partial charge in [0.05, 0.1) is 5.39 Å². The first-order chi connectivity index (χ1) is 14.8. The van der Waals surface area contributed by atoms with Crippen LogP contribution in [-0.2, 0) is 0 Å². The average molecular weight is 397 g/mol. The first kappa shape index (κ1) is 18.4. The van der Waals surface area contributed by atoms with Gasteiger partial charge in [0.1, 0.15) is 5.52 Å². The maximum absolute atomic E-state index is 12.9. The van der Waals surface area contributed by atoms with Crippen molar-refractivity contribution in [2.45, 2.75) is 18.9 Å². The number of hydrogen-bond donors (Lipinski definition) is 1. The second-order valence-corrected chi connectivity index (χ2v) is 7.64. The van der Waals surface area contributed by atoms with E-state index < -0.39 is 0 Å². The van der Waals surface area contributed by atoms with Gasteiger partial charge in [-0.05, 0) is 43.2 Å². The summed E-state index contributed by atoms with van der Waals surface area (Å²) in [6.45, 7) is 1.65. The molecule has 2 heterocycles. The van der Waals surface area contributed by atoms with Crippen LogP contribution in [0, 0.1) is 0 Å². The topological polar surface area (TPSA) is 58.4 Å². The number of rotatable bonds is 5. The second kappa shape index (κ2) is 8.03. The summed E-state index contributed by atoms with van der Waals surface area (Å²) < 4.78 is 5.55. The molecule has 3 aromatic carbocycles. The summed E-state index contributed by atoms with van der Waals surface area (Å²) in [7, 11) is 0. The van der Waals surface area contributed by atoms with Gasteiger partial charge in [-0.15, -0.1) is 0 Å². The van der Waals surface area contributed by atoms with E-state index in [1.807, 2.05) is 48.5 Å². The molecule has 1 fully saturated rings. The fraction of sp³-hybridized carbons (Fsp3) is 0.200. The molecule has 0 aliphatic carbocycles. The van der Waals surface area contributed by atoms with Crippen molar-refractivity contribution in [1.82, 2.24) is 10.5 Å². The van der Waals surface area contributed by atoms with Gasteiger partial charge in [0.2, 0.25) is 0 Å². The van der Waals surface area contributed by atoms with Gasteiger partial charge in [-0.3, -0.25) is 4.79 Å². The van der Waals surface area contributed by atoms with Crippen molar-refractivity contribution in [1.29, 1.82) is 0 Å². The number of amides is 1. The third-order valence-electron chi connectivity index (χ3n) is 5.74. The van der Waals surface area contributed by atoms with E-state index in [1.165, 1.54) is 5.69 Å². The van der Waals surface area contributed by atoms with E-state index in [4.69, 9.17) is 4.52 Å². The molecule has 1 aromatic heterocycles. The van der Waals surface area contributed by atoms with Crippen LogP contribution in [0.5, 0.6) is 0 Å². The lowest BCUT2D eigenvalue weighted by Gasteiger charge is -2.27. The number of carbonyl (C=O) groups excluding carboxylic acids is 1. The van der Waals surface area contributed by atoms with E-state index in [0.29, 0.717) is 23.9 Å². The molecule has 5 nitrogen and oxygen atoms in total. The van der Waals surface area contributed by atoms with Crippen molar-refractivity contribution in [3.63, 3.8) is 0 Å². The monoisotopic (exact) mass is 397 g/mol. The molecule has 1 saturated heterocycles. The molecule has 1 N–H and O–H groups in total. The van der Waals surface area contributed by atoms with Crippen molar-refractivity contribution in [2.75, 3.05) is 18.0 Å². The highest BCUT2D eigenvalue weighted by Crippen LogP contribution is 2.29. The summed E-state index contributed by atoms with van der Waals surface area (Å²) in [6, 6.07) is 26.1. The van der Waals surface area contributed by atoms with E-state index in [2.05, 4.69) is 39.6 Å². The minimum atomic E-state index is -0.0722. The van der Waals surface area contributed by atoms with Crippen LogP contribution >= 0.6 is 0 Å². The van der Waals surface area contributed by atoms with Crippen LogP contribution in [0.2, 0.25) is 0 Å². The highest BCUT2D eigenvalue weighted by Gasteiger charge is 2.25. The van der Waals surface area contributed by atoms with Crippen LogP contribution in [-0.4, -0.2) is 30.2 Å². The fourth-order valence-corrected chi connectivity index (χ4v) is 4.20. The van der Waals surface area contributed by atoms with Gasteiger partial charge in [-0.2, -0.15) is 0 Å². The van der Waals surface area contributed by atoms with Crippen LogP contribution in [0.1, 0.15) is 23.2 Å². The Morgan fingerprint density at radius 1 is 1.03 bits per heavy atom. The maximum atomic E-state index is 12.9. The number of para-hydroxylation sites is 1. The Bertz CT molecular complexity index is 1150. The standard InChI is InChI=1S/C25H23N3O2/c29-25(26-17-21-12-7-15-28(21)20-10-5-2-6-11-20)19-13-14-23-22(16-19)24(30-27-23)18-8-3-1-4-9-18/h1-6,8-11,13-14,16,21H,7,12,15,17H2,(H,26,29). The van der Waals surface area contributed by atoms with E-state index in [9.17, 15) is 4.79 Å². The van der Waals surface area contributed by atoms with Gasteiger partial charge < -0.3 is 14.7 Å². The lowest BCUT2D eigenvalue weighted by Crippen LogP contribution is -2.40. The van der Waals surface area contributed by atoms with Gasteiger partial charge in [0, 0.05) is 35.9 Å². The van der Waals surface area contributed by atoms with Crippen molar-refractivity contribution in [3.8, 4) is 11.3 Å². The van der Waals surface area contributed by atoms with Crippen molar-refractivity contribution in [3.05, 3.63) is 84.4 Å². The predicted molar refractivity (Wildman–Crippen MR) is 119 cm³/mol. The SMILES string of the molecule is O=C(NCC1CCCN1c1ccccc1)c1ccc2noc(-c3ccccc3)c2c1. The highest BCUT2D eigenvalue weighted by molar-refractivity contribution is 6.01. The minimum Gasteiger partial charge on any atom is -0.367 e. The molecular weight excluding hydrogens is 374 g/mol. The fourth-order valence-electron chi connectivity index (χ4n) is 4.20. The zero-order chi connectivity index (χ0) is 20.3. The molecule has 5 rings (SSSR count).